The first-order valence-electron chi connectivity index (χ1n) is 5.83. The van der Waals surface area contributed by atoms with Crippen molar-refractivity contribution in [2.45, 2.75) is 19.9 Å². The zero-order valence-electron chi connectivity index (χ0n) is 10.6. The van der Waals surface area contributed by atoms with Gasteiger partial charge in [-0.15, -0.1) is 0 Å². The summed E-state index contributed by atoms with van der Waals surface area (Å²) in [4.78, 5) is 12.5. The summed E-state index contributed by atoms with van der Waals surface area (Å²) < 4.78 is 5.53. The first kappa shape index (κ1) is 14.8. The number of ether oxygens (including phenoxy) is 1. The molecular formula is C13H18ClNO3. The van der Waals surface area contributed by atoms with E-state index in [2.05, 4.69) is 0 Å². The molecule has 100 valence electrons. The molecule has 4 nitrogen and oxygen atoms in total. The average Bonchev–Trinajstić information content (AvgIpc) is 2.27. The van der Waals surface area contributed by atoms with Gasteiger partial charge in [-0.3, -0.25) is 9.69 Å². The number of rotatable bonds is 7. The molecule has 0 spiro atoms. The van der Waals surface area contributed by atoms with Crippen molar-refractivity contribution in [3.8, 4) is 5.75 Å². The summed E-state index contributed by atoms with van der Waals surface area (Å²) in [5, 5.41) is 9.41. The van der Waals surface area contributed by atoms with Crippen LogP contribution in [0.15, 0.2) is 24.3 Å². The van der Waals surface area contributed by atoms with Gasteiger partial charge in [0.25, 0.3) is 0 Å². The Hall–Kier alpha value is -1.26. The van der Waals surface area contributed by atoms with Crippen LogP contribution in [0.4, 0.5) is 0 Å². The normalized spacial score (nSPS) is 10.9. The Morgan fingerprint density at radius 3 is 2.78 bits per heavy atom. The summed E-state index contributed by atoms with van der Waals surface area (Å²) in [6.45, 7) is 4.95. The molecule has 0 aliphatic carbocycles. The van der Waals surface area contributed by atoms with E-state index < -0.39 is 5.97 Å². The standard InChI is InChI=1S/C13H18ClNO3/c1-10(2)15(9-13(16)17)6-7-18-12-5-3-4-11(14)8-12/h3-5,8,10H,6-7,9H2,1-2H3,(H,16,17). The predicted octanol–water partition coefficient (Wildman–Crippen LogP) is 2.51. The van der Waals surface area contributed by atoms with Crippen molar-refractivity contribution in [1.29, 1.82) is 0 Å². The van der Waals surface area contributed by atoms with E-state index in [-0.39, 0.29) is 12.6 Å². The quantitative estimate of drug-likeness (QED) is 0.828. The van der Waals surface area contributed by atoms with Crippen molar-refractivity contribution in [2.24, 2.45) is 0 Å². The molecule has 0 saturated heterocycles. The maximum Gasteiger partial charge on any atom is 0.317 e. The fourth-order valence-corrected chi connectivity index (χ4v) is 1.71. The zero-order valence-corrected chi connectivity index (χ0v) is 11.4. The Morgan fingerprint density at radius 2 is 2.22 bits per heavy atom. The number of carboxylic acids is 1. The number of hydrogen-bond donors (Lipinski definition) is 1. The van der Waals surface area contributed by atoms with Crippen LogP contribution in [0.3, 0.4) is 0 Å². The van der Waals surface area contributed by atoms with Gasteiger partial charge in [0.15, 0.2) is 0 Å². The second-order valence-corrected chi connectivity index (χ2v) is 4.70. The molecule has 1 rings (SSSR count). The Kier molecular flexibility index (Phi) is 5.95. The number of hydrogen-bond acceptors (Lipinski definition) is 3. The monoisotopic (exact) mass is 271 g/mol. The van der Waals surface area contributed by atoms with Crippen LogP contribution in [-0.2, 0) is 4.79 Å². The molecule has 0 atom stereocenters. The van der Waals surface area contributed by atoms with E-state index in [4.69, 9.17) is 21.4 Å². The highest BCUT2D eigenvalue weighted by molar-refractivity contribution is 6.30. The molecular weight excluding hydrogens is 254 g/mol. The van der Waals surface area contributed by atoms with Gasteiger partial charge in [0.2, 0.25) is 0 Å². The summed E-state index contributed by atoms with van der Waals surface area (Å²) in [6.07, 6.45) is 0. The van der Waals surface area contributed by atoms with E-state index in [0.29, 0.717) is 23.9 Å². The zero-order chi connectivity index (χ0) is 13.5. The van der Waals surface area contributed by atoms with Gasteiger partial charge in [0.05, 0.1) is 6.54 Å². The van der Waals surface area contributed by atoms with E-state index >= 15 is 0 Å². The minimum Gasteiger partial charge on any atom is -0.492 e. The number of carbonyl (C=O) groups is 1. The summed E-state index contributed by atoms with van der Waals surface area (Å²) in [5.41, 5.74) is 0. The molecule has 18 heavy (non-hydrogen) atoms. The van der Waals surface area contributed by atoms with Crippen LogP contribution < -0.4 is 4.74 Å². The molecule has 5 heteroatoms. The van der Waals surface area contributed by atoms with Crippen molar-refractivity contribution in [1.82, 2.24) is 4.90 Å². The SMILES string of the molecule is CC(C)N(CCOc1cccc(Cl)c1)CC(=O)O. The molecule has 0 amide bonds. The summed E-state index contributed by atoms with van der Waals surface area (Å²) in [6, 6.07) is 7.32. The Balaban J connectivity index is 2.41. The number of carboxylic acid groups (broad SMARTS) is 1. The number of aliphatic carboxylic acids is 1. The Labute approximate surface area is 112 Å². The van der Waals surface area contributed by atoms with Gasteiger partial charge in [-0.05, 0) is 32.0 Å². The second-order valence-electron chi connectivity index (χ2n) is 4.26. The molecule has 1 N–H and O–H groups in total. The highest BCUT2D eigenvalue weighted by Crippen LogP contribution is 2.16. The van der Waals surface area contributed by atoms with Gasteiger partial charge in [0.1, 0.15) is 12.4 Å². The van der Waals surface area contributed by atoms with Gasteiger partial charge in [-0.25, -0.2) is 0 Å². The van der Waals surface area contributed by atoms with Gasteiger partial charge in [-0.1, -0.05) is 17.7 Å². The van der Waals surface area contributed by atoms with Crippen LogP contribution in [0.1, 0.15) is 13.8 Å². The summed E-state index contributed by atoms with van der Waals surface area (Å²) in [5.74, 6) is -0.131. The molecule has 0 heterocycles. The van der Waals surface area contributed by atoms with Crippen molar-refractivity contribution >= 4 is 17.6 Å². The third-order valence-corrected chi connectivity index (χ3v) is 2.75. The third-order valence-electron chi connectivity index (χ3n) is 2.51. The highest BCUT2D eigenvalue weighted by Gasteiger charge is 2.12. The topological polar surface area (TPSA) is 49.8 Å². The molecule has 1 aromatic rings. The molecule has 0 aromatic heterocycles. The number of benzene rings is 1. The highest BCUT2D eigenvalue weighted by atomic mass is 35.5. The largest absolute Gasteiger partial charge is 0.492 e. The van der Waals surface area contributed by atoms with Crippen LogP contribution in [0.5, 0.6) is 5.75 Å². The third kappa shape index (κ3) is 5.38. The van der Waals surface area contributed by atoms with Crippen molar-refractivity contribution < 1.29 is 14.6 Å². The molecule has 0 unspecified atom stereocenters. The number of halogens is 1. The van der Waals surface area contributed by atoms with E-state index in [9.17, 15) is 4.79 Å². The lowest BCUT2D eigenvalue weighted by molar-refractivity contribution is -0.138. The molecule has 0 aliphatic rings. The second kappa shape index (κ2) is 7.24. The Bertz CT molecular complexity index is 396. The van der Waals surface area contributed by atoms with Crippen molar-refractivity contribution in [3.63, 3.8) is 0 Å². The molecule has 0 aliphatic heterocycles. The molecule has 0 bridgehead atoms. The predicted molar refractivity (Wildman–Crippen MR) is 71.3 cm³/mol. The van der Waals surface area contributed by atoms with Gasteiger partial charge in [-0.2, -0.15) is 0 Å². The van der Waals surface area contributed by atoms with Gasteiger partial charge in [0, 0.05) is 17.6 Å². The van der Waals surface area contributed by atoms with Crippen LogP contribution in [0.25, 0.3) is 0 Å². The minimum absolute atomic E-state index is 0.0244. The maximum absolute atomic E-state index is 10.7. The van der Waals surface area contributed by atoms with E-state index in [1.165, 1.54) is 0 Å². The van der Waals surface area contributed by atoms with Gasteiger partial charge < -0.3 is 9.84 Å². The minimum atomic E-state index is -0.827. The van der Waals surface area contributed by atoms with E-state index in [1.807, 2.05) is 30.9 Å². The molecule has 0 radical (unpaired) electrons. The van der Waals surface area contributed by atoms with Crippen molar-refractivity contribution in [3.05, 3.63) is 29.3 Å². The first-order chi connectivity index (χ1) is 8.49. The van der Waals surface area contributed by atoms with E-state index in [1.54, 1.807) is 12.1 Å². The molecule has 0 fully saturated rings. The maximum atomic E-state index is 10.7. The average molecular weight is 272 g/mol. The van der Waals surface area contributed by atoms with Crippen LogP contribution in [0.2, 0.25) is 5.02 Å². The van der Waals surface area contributed by atoms with Gasteiger partial charge >= 0.3 is 5.97 Å². The summed E-state index contributed by atoms with van der Waals surface area (Å²) in [7, 11) is 0. The van der Waals surface area contributed by atoms with Crippen LogP contribution in [-0.4, -0.2) is 41.7 Å². The lowest BCUT2D eigenvalue weighted by Crippen LogP contribution is -2.38. The van der Waals surface area contributed by atoms with Crippen molar-refractivity contribution in [2.75, 3.05) is 19.7 Å². The molecule has 0 saturated carbocycles. The smallest absolute Gasteiger partial charge is 0.317 e. The molecule has 1 aromatic carbocycles. The lowest BCUT2D eigenvalue weighted by atomic mass is 10.3. The number of nitrogens with zero attached hydrogens (tertiary/aromatic N) is 1. The fraction of sp³-hybridized carbons (Fsp3) is 0.462. The lowest BCUT2D eigenvalue weighted by Gasteiger charge is -2.24. The first-order valence-corrected chi connectivity index (χ1v) is 6.21. The fourth-order valence-electron chi connectivity index (χ4n) is 1.53. The Morgan fingerprint density at radius 1 is 1.50 bits per heavy atom. The van der Waals surface area contributed by atoms with E-state index in [0.717, 1.165) is 0 Å². The van der Waals surface area contributed by atoms with Crippen LogP contribution in [0, 0.1) is 0 Å². The van der Waals surface area contributed by atoms with Crippen LogP contribution >= 0.6 is 11.6 Å². The summed E-state index contributed by atoms with van der Waals surface area (Å²) >= 11 is 5.84.